The lowest BCUT2D eigenvalue weighted by atomic mass is 10.1. The number of nitriles is 1. The van der Waals surface area contributed by atoms with Crippen LogP contribution in [0.3, 0.4) is 0 Å². The molecular weight excluding hydrogens is 218 g/mol. The first-order chi connectivity index (χ1) is 8.22. The molecule has 0 aliphatic rings. The van der Waals surface area contributed by atoms with Crippen LogP contribution in [-0.2, 0) is 0 Å². The summed E-state index contributed by atoms with van der Waals surface area (Å²) in [5, 5.41) is 17.6. The quantitative estimate of drug-likeness (QED) is 0.840. The number of rotatable bonds is 2. The summed E-state index contributed by atoms with van der Waals surface area (Å²) in [5.74, 6) is -1.13. The zero-order chi connectivity index (χ0) is 12.3. The van der Waals surface area contributed by atoms with Gasteiger partial charge in [0, 0.05) is 18.0 Å². The third-order valence-corrected chi connectivity index (χ3v) is 2.19. The van der Waals surface area contributed by atoms with Crippen molar-refractivity contribution in [2.24, 2.45) is 0 Å². The Balaban J connectivity index is 2.53. The Hall–Kier alpha value is -2.74. The first-order valence-corrected chi connectivity index (χ1v) is 4.77. The Bertz CT molecular complexity index is 600. The fraction of sp³-hybridized carbons (Fsp3) is 0. The standard InChI is InChI=1S/C12H7N3O2/c13-7-8-1-3-9(4-2-8)10-11(12(16)17)15-6-5-14-10/h1-6H,(H,16,17). The molecule has 1 N–H and O–H groups in total. The van der Waals surface area contributed by atoms with E-state index in [1.165, 1.54) is 12.4 Å². The molecule has 0 spiro atoms. The fourth-order valence-electron chi connectivity index (χ4n) is 1.41. The van der Waals surface area contributed by atoms with Gasteiger partial charge in [-0.25, -0.2) is 9.78 Å². The summed E-state index contributed by atoms with van der Waals surface area (Å²) in [7, 11) is 0. The minimum atomic E-state index is -1.13. The van der Waals surface area contributed by atoms with Crippen LogP contribution in [0.1, 0.15) is 16.1 Å². The van der Waals surface area contributed by atoms with E-state index >= 15 is 0 Å². The van der Waals surface area contributed by atoms with Crippen molar-refractivity contribution >= 4 is 5.97 Å². The normalized spacial score (nSPS) is 9.59. The minimum Gasteiger partial charge on any atom is -0.476 e. The zero-order valence-corrected chi connectivity index (χ0v) is 8.66. The molecule has 0 aliphatic carbocycles. The number of hydrogen-bond donors (Lipinski definition) is 1. The maximum Gasteiger partial charge on any atom is 0.356 e. The third-order valence-electron chi connectivity index (χ3n) is 2.19. The Labute approximate surface area is 97.0 Å². The van der Waals surface area contributed by atoms with Crippen LogP contribution in [0.4, 0.5) is 0 Å². The van der Waals surface area contributed by atoms with Gasteiger partial charge in [-0.05, 0) is 12.1 Å². The van der Waals surface area contributed by atoms with Crippen LogP contribution in [0, 0.1) is 11.3 Å². The molecule has 0 aliphatic heterocycles. The van der Waals surface area contributed by atoms with Crippen LogP contribution >= 0.6 is 0 Å². The van der Waals surface area contributed by atoms with Gasteiger partial charge in [0.25, 0.3) is 0 Å². The highest BCUT2D eigenvalue weighted by Crippen LogP contribution is 2.19. The second-order valence-electron chi connectivity index (χ2n) is 3.25. The van der Waals surface area contributed by atoms with Crippen LogP contribution in [0.2, 0.25) is 0 Å². The van der Waals surface area contributed by atoms with Crippen LogP contribution in [0.25, 0.3) is 11.3 Å². The summed E-state index contributed by atoms with van der Waals surface area (Å²) in [6.45, 7) is 0. The topological polar surface area (TPSA) is 86.9 Å². The molecule has 0 saturated carbocycles. The van der Waals surface area contributed by atoms with E-state index in [9.17, 15) is 4.79 Å². The molecule has 1 aromatic heterocycles. The van der Waals surface area contributed by atoms with Crippen molar-refractivity contribution in [1.82, 2.24) is 9.97 Å². The predicted molar refractivity (Wildman–Crippen MR) is 59.1 cm³/mol. The third kappa shape index (κ3) is 2.11. The molecule has 0 bridgehead atoms. The number of benzene rings is 1. The molecule has 0 fully saturated rings. The molecule has 0 unspecified atom stereocenters. The van der Waals surface area contributed by atoms with Gasteiger partial charge < -0.3 is 5.11 Å². The number of aromatic nitrogens is 2. The summed E-state index contributed by atoms with van der Waals surface area (Å²) in [4.78, 5) is 18.7. The van der Waals surface area contributed by atoms with Crippen LogP contribution in [-0.4, -0.2) is 21.0 Å². The van der Waals surface area contributed by atoms with Gasteiger partial charge in [0.1, 0.15) is 5.69 Å². The minimum absolute atomic E-state index is 0.0998. The molecule has 0 radical (unpaired) electrons. The highest BCUT2D eigenvalue weighted by molar-refractivity contribution is 5.92. The van der Waals surface area contributed by atoms with Gasteiger partial charge in [0.2, 0.25) is 0 Å². The highest BCUT2D eigenvalue weighted by atomic mass is 16.4. The molecule has 1 heterocycles. The van der Waals surface area contributed by atoms with Gasteiger partial charge in [0.05, 0.1) is 11.6 Å². The molecule has 5 nitrogen and oxygen atoms in total. The average molecular weight is 225 g/mol. The van der Waals surface area contributed by atoms with E-state index in [-0.39, 0.29) is 5.69 Å². The van der Waals surface area contributed by atoms with Gasteiger partial charge in [-0.2, -0.15) is 5.26 Å². The zero-order valence-electron chi connectivity index (χ0n) is 8.66. The van der Waals surface area contributed by atoms with Gasteiger partial charge in [0.15, 0.2) is 5.69 Å². The second-order valence-corrected chi connectivity index (χ2v) is 3.25. The van der Waals surface area contributed by atoms with Crippen molar-refractivity contribution < 1.29 is 9.90 Å². The van der Waals surface area contributed by atoms with Crippen LogP contribution in [0.5, 0.6) is 0 Å². The Morgan fingerprint density at radius 2 is 1.82 bits per heavy atom. The lowest BCUT2D eigenvalue weighted by Crippen LogP contribution is -2.04. The molecule has 0 saturated heterocycles. The van der Waals surface area contributed by atoms with Crippen molar-refractivity contribution in [3.8, 4) is 17.3 Å². The molecule has 82 valence electrons. The molecule has 17 heavy (non-hydrogen) atoms. The highest BCUT2D eigenvalue weighted by Gasteiger charge is 2.13. The maximum absolute atomic E-state index is 11.0. The summed E-state index contributed by atoms with van der Waals surface area (Å²) in [6.07, 6.45) is 2.76. The molecule has 5 heteroatoms. The smallest absolute Gasteiger partial charge is 0.356 e. The van der Waals surface area contributed by atoms with E-state index < -0.39 is 5.97 Å². The van der Waals surface area contributed by atoms with Gasteiger partial charge in [-0.15, -0.1) is 0 Å². The lowest BCUT2D eigenvalue weighted by Gasteiger charge is -2.03. The summed E-state index contributed by atoms with van der Waals surface area (Å²) >= 11 is 0. The van der Waals surface area contributed by atoms with E-state index in [2.05, 4.69) is 9.97 Å². The monoisotopic (exact) mass is 225 g/mol. The number of nitrogens with zero attached hydrogens (tertiary/aromatic N) is 3. The molecule has 2 rings (SSSR count). The van der Waals surface area contributed by atoms with E-state index in [0.29, 0.717) is 16.8 Å². The average Bonchev–Trinajstić information content (AvgIpc) is 2.39. The van der Waals surface area contributed by atoms with Gasteiger partial charge in [-0.1, -0.05) is 12.1 Å². The van der Waals surface area contributed by atoms with Crippen LogP contribution in [0.15, 0.2) is 36.7 Å². The van der Waals surface area contributed by atoms with E-state index in [0.717, 1.165) is 0 Å². The second kappa shape index (κ2) is 4.41. The Morgan fingerprint density at radius 1 is 1.18 bits per heavy atom. The molecule has 0 atom stereocenters. The molecule has 0 amide bonds. The van der Waals surface area contributed by atoms with E-state index in [4.69, 9.17) is 10.4 Å². The predicted octanol–water partition coefficient (Wildman–Crippen LogP) is 1.71. The molecule has 2 aromatic rings. The summed E-state index contributed by atoms with van der Waals surface area (Å²) < 4.78 is 0. The van der Waals surface area contributed by atoms with Crippen molar-refractivity contribution in [3.63, 3.8) is 0 Å². The first kappa shape index (κ1) is 10.8. The van der Waals surface area contributed by atoms with Crippen molar-refractivity contribution in [3.05, 3.63) is 47.9 Å². The van der Waals surface area contributed by atoms with Gasteiger partial charge >= 0.3 is 5.97 Å². The lowest BCUT2D eigenvalue weighted by molar-refractivity contribution is 0.0691. The van der Waals surface area contributed by atoms with Crippen molar-refractivity contribution in [2.45, 2.75) is 0 Å². The number of carboxylic acids is 1. The molecular formula is C12H7N3O2. The number of aromatic carboxylic acids is 1. The number of hydrogen-bond acceptors (Lipinski definition) is 4. The number of carbonyl (C=O) groups is 1. The van der Waals surface area contributed by atoms with Crippen LogP contribution < -0.4 is 0 Å². The molecule has 1 aromatic carbocycles. The SMILES string of the molecule is N#Cc1ccc(-c2nccnc2C(=O)O)cc1. The summed E-state index contributed by atoms with van der Waals surface area (Å²) in [5.41, 5.74) is 1.32. The van der Waals surface area contributed by atoms with Gasteiger partial charge in [-0.3, -0.25) is 4.98 Å². The first-order valence-electron chi connectivity index (χ1n) is 4.77. The van der Waals surface area contributed by atoms with Crippen molar-refractivity contribution in [2.75, 3.05) is 0 Å². The largest absolute Gasteiger partial charge is 0.476 e. The maximum atomic E-state index is 11.0. The Kier molecular flexibility index (Phi) is 2.79. The Morgan fingerprint density at radius 3 is 2.41 bits per heavy atom. The summed E-state index contributed by atoms with van der Waals surface area (Å²) in [6, 6.07) is 8.50. The number of carboxylic acid groups (broad SMARTS) is 1. The van der Waals surface area contributed by atoms with E-state index in [1.807, 2.05) is 6.07 Å². The fourth-order valence-corrected chi connectivity index (χ4v) is 1.41. The van der Waals surface area contributed by atoms with Crippen molar-refractivity contribution in [1.29, 1.82) is 5.26 Å². The van der Waals surface area contributed by atoms with E-state index in [1.54, 1.807) is 24.3 Å².